The number of aromatic nitrogens is 5. The zero-order chi connectivity index (χ0) is 33.8. The van der Waals surface area contributed by atoms with Crippen LogP contribution < -0.4 is 4.74 Å². The number of aryl methyl sites for hydroxylation is 2. The van der Waals surface area contributed by atoms with E-state index in [4.69, 9.17) is 14.8 Å². The van der Waals surface area contributed by atoms with Gasteiger partial charge in [0.15, 0.2) is 5.82 Å². The van der Waals surface area contributed by atoms with E-state index < -0.39 is 0 Å². The fourth-order valence-electron chi connectivity index (χ4n) is 6.75. The Labute approximate surface area is 286 Å². The monoisotopic (exact) mass is 639 g/mol. The molecule has 0 saturated carbocycles. The summed E-state index contributed by atoms with van der Waals surface area (Å²) in [7, 11) is 0. The first-order valence-corrected chi connectivity index (χ1v) is 16.6. The van der Waals surface area contributed by atoms with Gasteiger partial charge in [0.1, 0.15) is 17.3 Å². The lowest BCUT2D eigenvalue weighted by Gasteiger charge is -2.15. The summed E-state index contributed by atoms with van der Waals surface area (Å²) in [4.78, 5) is 9.84. The van der Waals surface area contributed by atoms with Crippen LogP contribution in [-0.4, -0.2) is 24.3 Å². The second-order valence-electron chi connectivity index (χ2n) is 12.9. The van der Waals surface area contributed by atoms with Crippen molar-refractivity contribution in [2.45, 2.75) is 41.5 Å². The highest BCUT2D eigenvalue weighted by Crippen LogP contribution is 2.37. The molecule has 8 aromatic rings. The van der Waals surface area contributed by atoms with Gasteiger partial charge in [-0.2, -0.15) is 5.10 Å². The van der Waals surface area contributed by atoms with E-state index in [2.05, 4.69) is 118 Å². The fourth-order valence-corrected chi connectivity index (χ4v) is 6.75. The zero-order valence-corrected chi connectivity index (χ0v) is 28.6. The molecule has 0 aliphatic rings. The second-order valence-corrected chi connectivity index (χ2v) is 12.9. The van der Waals surface area contributed by atoms with Crippen molar-refractivity contribution < 1.29 is 4.74 Å². The van der Waals surface area contributed by atoms with E-state index >= 15 is 0 Å². The van der Waals surface area contributed by atoms with Gasteiger partial charge in [0.2, 0.25) is 0 Å². The first-order chi connectivity index (χ1) is 23.8. The summed E-state index contributed by atoms with van der Waals surface area (Å²) < 4.78 is 10.8. The lowest BCUT2D eigenvalue weighted by Crippen LogP contribution is -2.02. The van der Waals surface area contributed by atoms with Crippen molar-refractivity contribution in [3.63, 3.8) is 0 Å². The van der Waals surface area contributed by atoms with Gasteiger partial charge in [-0.05, 0) is 111 Å². The molecule has 0 bridgehead atoms. The van der Waals surface area contributed by atoms with Crippen LogP contribution >= 0.6 is 0 Å². The van der Waals surface area contributed by atoms with Gasteiger partial charge in [0.05, 0.1) is 22.4 Å². The molecule has 0 fully saturated rings. The molecular weight excluding hydrogens is 603 g/mol. The predicted octanol–water partition coefficient (Wildman–Crippen LogP) is 10.7. The maximum Gasteiger partial charge on any atom is 0.157 e. The molecular formula is C43H37N5O. The molecule has 0 atom stereocenters. The summed E-state index contributed by atoms with van der Waals surface area (Å²) in [6.45, 7) is 12.9. The average molecular weight is 640 g/mol. The van der Waals surface area contributed by atoms with Gasteiger partial charge >= 0.3 is 0 Å². The molecule has 0 saturated heterocycles. The maximum absolute atomic E-state index is 6.72. The highest BCUT2D eigenvalue weighted by Gasteiger charge is 2.17. The summed E-state index contributed by atoms with van der Waals surface area (Å²) in [6, 6.07) is 35.3. The Hall–Kier alpha value is -6.01. The minimum absolute atomic E-state index is 0.678. The molecule has 6 heteroatoms. The minimum atomic E-state index is 0.678. The highest BCUT2D eigenvalue weighted by molar-refractivity contribution is 6.09. The Morgan fingerprint density at radius 3 is 1.96 bits per heavy atom. The molecule has 8 rings (SSSR count). The van der Waals surface area contributed by atoms with Crippen molar-refractivity contribution in [1.82, 2.24) is 24.3 Å². The Bertz CT molecular complexity index is 2540. The van der Waals surface area contributed by atoms with E-state index in [9.17, 15) is 0 Å². The first kappa shape index (κ1) is 30.3. The summed E-state index contributed by atoms with van der Waals surface area (Å²) in [5.74, 6) is 2.94. The van der Waals surface area contributed by atoms with Gasteiger partial charge in [0.25, 0.3) is 0 Å². The van der Waals surface area contributed by atoms with Gasteiger partial charge in [0, 0.05) is 52.5 Å². The van der Waals surface area contributed by atoms with Gasteiger partial charge < -0.3 is 4.74 Å². The number of nitrogens with zero attached hydrogens (tertiary/aromatic N) is 5. The molecule has 0 radical (unpaired) electrons. The topological polar surface area (TPSA) is 57.8 Å². The number of pyridine rings is 2. The quantitative estimate of drug-likeness (QED) is 0.182. The second kappa shape index (κ2) is 11.9. The first-order valence-electron chi connectivity index (χ1n) is 16.6. The smallest absolute Gasteiger partial charge is 0.157 e. The third kappa shape index (κ3) is 5.26. The molecule has 0 amide bonds. The maximum atomic E-state index is 6.72. The highest BCUT2D eigenvalue weighted by atomic mass is 16.5. The normalized spacial score (nSPS) is 11.5. The third-order valence-electron chi connectivity index (χ3n) is 10.0. The van der Waals surface area contributed by atoms with Gasteiger partial charge in [-0.15, -0.1) is 0 Å². The van der Waals surface area contributed by atoms with E-state index in [0.29, 0.717) is 11.6 Å². The van der Waals surface area contributed by atoms with Crippen LogP contribution in [0.15, 0.2) is 116 Å². The van der Waals surface area contributed by atoms with Crippen LogP contribution in [0.1, 0.15) is 33.4 Å². The third-order valence-corrected chi connectivity index (χ3v) is 10.0. The Balaban J connectivity index is 1.26. The van der Waals surface area contributed by atoms with Crippen LogP contribution in [0, 0.1) is 41.5 Å². The molecule has 0 aliphatic carbocycles. The van der Waals surface area contributed by atoms with Crippen LogP contribution in [0.2, 0.25) is 0 Å². The molecule has 0 N–H and O–H groups in total. The van der Waals surface area contributed by atoms with Crippen LogP contribution in [0.25, 0.3) is 56.0 Å². The van der Waals surface area contributed by atoms with Crippen molar-refractivity contribution >= 4 is 21.8 Å². The van der Waals surface area contributed by atoms with E-state index in [1.54, 1.807) is 0 Å². The number of hydrogen-bond acceptors (Lipinski definition) is 4. The zero-order valence-electron chi connectivity index (χ0n) is 28.6. The van der Waals surface area contributed by atoms with Crippen molar-refractivity contribution in [2.75, 3.05) is 0 Å². The van der Waals surface area contributed by atoms with Crippen molar-refractivity contribution in [3.05, 3.63) is 149 Å². The van der Waals surface area contributed by atoms with E-state index in [-0.39, 0.29) is 0 Å². The summed E-state index contributed by atoms with van der Waals surface area (Å²) >= 11 is 0. The molecule has 4 aromatic carbocycles. The lowest BCUT2D eigenvalue weighted by molar-refractivity contribution is 0.482. The number of para-hydroxylation sites is 1. The van der Waals surface area contributed by atoms with Crippen LogP contribution in [0.3, 0.4) is 0 Å². The van der Waals surface area contributed by atoms with Gasteiger partial charge in [-0.3, -0.25) is 4.57 Å². The van der Waals surface area contributed by atoms with Crippen LogP contribution in [0.4, 0.5) is 0 Å². The molecule has 0 spiro atoms. The summed E-state index contributed by atoms with van der Waals surface area (Å²) in [5.41, 5.74) is 13.6. The summed E-state index contributed by atoms with van der Waals surface area (Å²) in [5, 5.41) is 7.33. The minimum Gasteiger partial charge on any atom is -0.457 e. The Morgan fingerprint density at radius 2 is 1.22 bits per heavy atom. The summed E-state index contributed by atoms with van der Waals surface area (Å²) in [6.07, 6.45) is 3.80. The molecule has 49 heavy (non-hydrogen) atoms. The number of rotatable bonds is 6. The van der Waals surface area contributed by atoms with E-state index in [1.165, 1.54) is 38.8 Å². The molecule has 4 aromatic heterocycles. The van der Waals surface area contributed by atoms with E-state index in [1.807, 2.05) is 53.5 Å². The van der Waals surface area contributed by atoms with E-state index in [0.717, 1.165) is 50.5 Å². The number of hydrogen-bond donors (Lipinski definition) is 0. The molecule has 6 nitrogen and oxygen atoms in total. The largest absolute Gasteiger partial charge is 0.457 e. The number of fused-ring (bicyclic) bond motifs is 3. The Kier molecular flexibility index (Phi) is 7.37. The fraction of sp³-hybridized carbons (Fsp3) is 0.140. The SMILES string of the molecule is Cc1ccc(-c2cc(Oc3ccc4c5ccccc5n(-c5ccccn5)c4c3)cc(-n3ccc(-c4ccc(C)c(C)c4C)n3)n2)c(C)c1C. The predicted molar refractivity (Wildman–Crippen MR) is 199 cm³/mol. The Morgan fingerprint density at radius 1 is 0.531 bits per heavy atom. The van der Waals surface area contributed by atoms with Crippen LogP contribution in [0.5, 0.6) is 11.5 Å². The number of benzene rings is 4. The van der Waals surface area contributed by atoms with Crippen molar-refractivity contribution in [3.8, 4) is 45.6 Å². The molecule has 0 unspecified atom stereocenters. The van der Waals surface area contributed by atoms with Crippen LogP contribution in [-0.2, 0) is 0 Å². The number of ether oxygens (including phenoxy) is 1. The van der Waals surface area contributed by atoms with Crippen molar-refractivity contribution in [2.24, 2.45) is 0 Å². The average Bonchev–Trinajstić information content (AvgIpc) is 3.73. The molecule has 0 aliphatic heterocycles. The molecule has 240 valence electrons. The molecule has 4 heterocycles. The van der Waals surface area contributed by atoms with Gasteiger partial charge in [-0.1, -0.05) is 48.5 Å². The lowest BCUT2D eigenvalue weighted by atomic mass is 9.96. The standard InChI is InChI=1S/C43H37N5O/c1-26-14-17-34(30(5)28(26)3)38-20-22-47(46-38)43-25-33(23-39(45-43)35-18-15-27(2)29(4)31(35)6)49-32-16-19-37-36-11-7-8-12-40(36)48(41(37)24-32)42-13-9-10-21-44-42/h7-25H,1-6H3. The van der Waals surface area contributed by atoms with Gasteiger partial charge in [-0.25, -0.2) is 14.6 Å². The van der Waals surface area contributed by atoms with Crippen molar-refractivity contribution in [1.29, 1.82) is 0 Å².